The van der Waals surface area contributed by atoms with Crippen LogP contribution in [0.2, 0.25) is 0 Å². The number of carbonyl (C=O) groups excluding carboxylic acids is 2. The van der Waals surface area contributed by atoms with Gasteiger partial charge in [0, 0.05) is 35.2 Å². The zero-order chi connectivity index (χ0) is 33.7. The summed E-state index contributed by atoms with van der Waals surface area (Å²) in [6, 6.07) is 13.9. The highest BCUT2D eigenvalue weighted by Crippen LogP contribution is 2.44. The second-order valence-electron chi connectivity index (χ2n) is 10.7. The number of ether oxygens (including phenoxy) is 3. The van der Waals surface area contributed by atoms with Crippen molar-refractivity contribution in [2.24, 2.45) is 0 Å². The summed E-state index contributed by atoms with van der Waals surface area (Å²) in [6.07, 6.45) is -1.10. The molecule has 1 N–H and O–H groups in total. The van der Waals surface area contributed by atoms with Gasteiger partial charge >= 0.3 is 6.09 Å². The van der Waals surface area contributed by atoms with Gasteiger partial charge in [-0.2, -0.15) is 4.98 Å². The Morgan fingerprint density at radius 1 is 1.04 bits per heavy atom. The molecule has 0 saturated carbocycles. The minimum atomic E-state index is -0.937. The Kier molecular flexibility index (Phi) is 10.4. The molecule has 246 valence electrons. The number of non-ortho nitro benzene ring substituents is 1. The summed E-state index contributed by atoms with van der Waals surface area (Å²) in [5, 5.41) is 14.2. The van der Waals surface area contributed by atoms with Gasteiger partial charge in [-0.1, -0.05) is 12.1 Å². The number of pyridine rings is 1. The van der Waals surface area contributed by atoms with Crippen LogP contribution in [0, 0.1) is 21.7 Å². The molecule has 0 aliphatic carbocycles. The van der Waals surface area contributed by atoms with E-state index in [4.69, 9.17) is 14.2 Å². The molecule has 1 aliphatic heterocycles. The molecule has 3 heterocycles. The highest BCUT2D eigenvalue weighted by Gasteiger charge is 2.33. The molecule has 47 heavy (non-hydrogen) atoms. The maximum atomic E-state index is 14.9. The number of hydrogen-bond donors (Lipinski definition) is 1. The van der Waals surface area contributed by atoms with Crippen LogP contribution in [0.4, 0.5) is 30.1 Å². The number of thiophene rings is 1. The summed E-state index contributed by atoms with van der Waals surface area (Å²) in [5.41, 5.74) is 0.473. The number of nitrogens with one attached hydrogen (secondary N) is 1. The predicted molar refractivity (Wildman–Crippen MR) is 171 cm³/mol. The van der Waals surface area contributed by atoms with Crippen molar-refractivity contribution >= 4 is 39.8 Å². The fraction of sp³-hybridized carbons (Fsp3) is 0.281. The molecule has 4 aromatic rings. The van der Waals surface area contributed by atoms with Gasteiger partial charge in [-0.3, -0.25) is 19.8 Å². The molecule has 1 fully saturated rings. The van der Waals surface area contributed by atoms with E-state index in [-0.39, 0.29) is 47.2 Å². The third-order valence-electron chi connectivity index (χ3n) is 7.00. The van der Waals surface area contributed by atoms with Crippen LogP contribution in [0.25, 0.3) is 10.4 Å². The summed E-state index contributed by atoms with van der Waals surface area (Å²) >= 11 is 1.01. The Hall–Kier alpha value is -4.99. The molecule has 1 saturated heterocycles. The smallest absolute Gasteiger partial charge is 0.415 e. The average Bonchev–Trinajstić information content (AvgIpc) is 3.37. The van der Waals surface area contributed by atoms with E-state index >= 15 is 0 Å². The number of anilines is 2. The largest absolute Gasteiger partial charge is 0.469 e. The number of halogens is 2. The first-order valence-electron chi connectivity index (χ1n) is 14.5. The summed E-state index contributed by atoms with van der Waals surface area (Å²) in [7, 11) is 3.56. The van der Waals surface area contributed by atoms with Crippen molar-refractivity contribution in [2.75, 3.05) is 44.1 Å². The lowest BCUT2D eigenvalue weighted by Gasteiger charge is -2.26. The molecule has 2 aromatic heterocycles. The summed E-state index contributed by atoms with van der Waals surface area (Å²) in [5.74, 6) is -2.01. The van der Waals surface area contributed by atoms with Crippen molar-refractivity contribution in [2.45, 2.75) is 26.1 Å². The van der Waals surface area contributed by atoms with E-state index in [2.05, 4.69) is 10.3 Å². The van der Waals surface area contributed by atoms with Gasteiger partial charge in [0.25, 0.3) is 11.6 Å². The first-order valence-corrected chi connectivity index (χ1v) is 15.3. The zero-order valence-corrected chi connectivity index (χ0v) is 26.5. The number of aromatic nitrogens is 1. The van der Waals surface area contributed by atoms with Crippen LogP contribution >= 0.6 is 11.3 Å². The lowest BCUT2D eigenvalue weighted by atomic mass is 10.0. The van der Waals surface area contributed by atoms with Gasteiger partial charge in [0.2, 0.25) is 5.88 Å². The van der Waals surface area contributed by atoms with Crippen LogP contribution < -0.4 is 15.0 Å². The fourth-order valence-electron chi connectivity index (χ4n) is 4.75. The van der Waals surface area contributed by atoms with Gasteiger partial charge in [0.15, 0.2) is 0 Å². The number of nitro groups is 1. The Labute approximate surface area is 272 Å². The van der Waals surface area contributed by atoms with Crippen LogP contribution in [0.5, 0.6) is 5.88 Å². The molecule has 12 nitrogen and oxygen atoms in total. The third kappa shape index (κ3) is 7.70. The predicted octanol–water partition coefficient (Wildman–Crippen LogP) is 6.25. The number of nitro benzene ring substituents is 1. The van der Waals surface area contributed by atoms with E-state index in [0.717, 1.165) is 28.4 Å². The molecule has 0 spiro atoms. The van der Waals surface area contributed by atoms with Gasteiger partial charge in [-0.25, -0.2) is 13.6 Å². The Morgan fingerprint density at radius 3 is 2.32 bits per heavy atom. The van der Waals surface area contributed by atoms with Crippen molar-refractivity contribution in [3.05, 3.63) is 99.1 Å². The summed E-state index contributed by atoms with van der Waals surface area (Å²) < 4.78 is 46.1. The van der Waals surface area contributed by atoms with E-state index in [1.807, 2.05) is 0 Å². The lowest BCUT2D eigenvalue weighted by Crippen LogP contribution is -2.38. The maximum absolute atomic E-state index is 14.9. The van der Waals surface area contributed by atoms with Gasteiger partial charge in [0.1, 0.15) is 28.6 Å². The number of nitrogens with zero attached hydrogens (tertiary/aromatic N) is 4. The van der Waals surface area contributed by atoms with Gasteiger partial charge in [0.05, 0.1) is 36.9 Å². The second kappa shape index (κ2) is 14.6. The first kappa shape index (κ1) is 33.4. The van der Waals surface area contributed by atoms with E-state index in [0.29, 0.717) is 29.2 Å². The van der Waals surface area contributed by atoms with E-state index in [9.17, 15) is 28.5 Å². The minimum absolute atomic E-state index is 0.0300. The molecule has 2 aromatic carbocycles. The van der Waals surface area contributed by atoms with Gasteiger partial charge in [-0.15, -0.1) is 11.3 Å². The number of hydrogen-bond acceptors (Lipinski definition) is 10. The van der Waals surface area contributed by atoms with Crippen molar-refractivity contribution < 1.29 is 37.5 Å². The zero-order valence-electron chi connectivity index (χ0n) is 25.7. The molecule has 0 radical (unpaired) electrons. The lowest BCUT2D eigenvalue weighted by molar-refractivity contribution is -0.384. The van der Waals surface area contributed by atoms with Crippen LogP contribution in [0.15, 0.2) is 60.7 Å². The van der Waals surface area contributed by atoms with E-state index in [1.165, 1.54) is 30.3 Å². The van der Waals surface area contributed by atoms with Crippen LogP contribution in [0.3, 0.4) is 0 Å². The molecule has 2 amide bonds. The normalized spacial score (nSPS) is 12.8. The van der Waals surface area contributed by atoms with Crippen molar-refractivity contribution in [1.82, 2.24) is 9.88 Å². The standard InChI is InChI=1S/C32H31F2N5O7S/c1-4-45-32(41)38(16-22-24(33)7-5-8-25(22)34)31-28(30(40)36-26-9-6-10-27(35-26)46-21-17-44-18-21)23(15-37(2)3)29(47-31)19-11-13-20(14-12-19)39(42)43/h5-14,21H,4,15-18H2,1-3H3,(H,35,36,40). The molecule has 0 unspecified atom stereocenters. The Balaban J connectivity index is 1.66. The van der Waals surface area contributed by atoms with E-state index < -0.39 is 40.7 Å². The fourth-order valence-corrected chi connectivity index (χ4v) is 6.06. The number of amides is 2. The van der Waals surface area contributed by atoms with Gasteiger partial charge < -0.3 is 24.4 Å². The molecule has 5 rings (SSSR count). The first-order chi connectivity index (χ1) is 22.5. The number of benzene rings is 2. The third-order valence-corrected chi connectivity index (χ3v) is 8.31. The maximum Gasteiger partial charge on any atom is 0.415 e. The number of rotatable bonds is 12. The average molecular weight is 668 g/mol. The Morgan fingerprint density at radius 2 is 1.72 bits per heavy atom. The van der Waals surface area contributed by atoms with Crippen molar-refractivity contribution in [3.8, 4) is 16.3 Å². The van der Waals surface area contributed by atoms with Crippen LogP contribution in [0.1, 0.15) is 28.4 Å². The molecule has 15 heteroatoms. The monoisotopic (exact) mass is 667 g/mol. The highest BCUT2D eigenvalue weighted by atomic mass is 32.1. The van der Waals surface area contributed by atoms with E-state index in [1.54, 1.807) is 44.1 Å². The molecule has 0 atom stereocenters. The number of carbonyl (C=O) groups is 2. The van der Waals surface area contributed by atoms with Crippen molar-refractivity contribution in [1.29, 1.82) is 0 Å². The molecular formula is C32H31F2N5O7S. The quantitative estimate of drug-likeness (QED) is 0.137. The molecule has 0 bridgehead atoms. The molecule has 1 aliphatic rings. The molecular weight excluding hydrogens is 636 g/mol. The van der Waals surface area contributed by atoms with Crippen molar-refractivity contribution in [3.63, 3.8) is 0 Å². The Bertz CT molecular complexity index is 1760. The summed E-state index contributed by atoms with van der Waals surface area (Å²) in [4.78, 5) is 46.3. The highest BCUT2D eigenvalue weighted by molar-refractivity contribution is 7.20. The topological polar surface area (TPSA) is 136 Å². The summed E-state index contributed by atoms with van der Waals surface area (Å²) in [6.45, 7) is 1.96. The minimum Gasteiger partial charge on any atom is -0.469 e. The van der Waals surface area contributed by atoms with Gasteiger partial charge in [-0.05, 0) is 62.5 Å². The SMILES string of the molecule is CCOC(=O)N(Cc1c(F)cccc1F)c1sc(-c2ccc([N+](=O)[O-])cc2)c(CN(C)C)c1C(=O)Nc1cccc(OC2COC2)n1. The second-order valence-corrected chi connectivity index (χ2v) is 11.7. The van der Waals surface area contributed by atoms with Crippen LogP contribution in [-0.2, 0) is 22.6 Å². The van der Waals surface area contributed by atoms with Crippen LogP contribution in [-0.4, -0.2) is 66.8 Å².